The Hall–Kier alpha value is -5.38. The molecule has 0 aliphatic heterocycles. The van der Waals surface area contributed by atoms with Crippen molar-refractivity contribution in [3.8, 4) is 11.8 Å². The van der Waals surface area contributed by atoms with Gasteiger partial charge in [0.1, 0.15) is 18.4 Å². The van der Waals surface area contributed by atoms with E-state index in [1.165, 1.54) is 11.1 Å². The van der Waals surface area contributed by atoms with E-state index in [4.69, 9.17) is 16.3 Å². The summed E-state index contributed by atoms with van der Waals surface area (Å²) in [5.41, 5.74) is 8.06. The predicted octanol–water partition coefficient (Wildman–Crippen LogP) is 8.99. The fourth-order valence-corrected chi connectivity index (χ4v) is 5.44. The molecule has 0 fully saturated rings. The van der Waals surface area contributed by atoms with Crippen LogP contribution < -0.4 is 15.0 Å². The molecule has 6 rings (SSSR count). The number of pyridine rings is 2. The molecule has 6 aromatic rings. The molecule has 7 heteroatoms. The van der Waals surface area contributed by atoms with Gasteiger partial charge < -0.3 is 15.0 Å². The number of nitrogens with one attached hydrogen (secondary N) is 1. The molecule has 44 heavy (non-hydrogen) atoms. The minimum atomic E-state index is 0.311. The molecule has 0 saturated carbocycles. The summed E-state index contributed by atoms with van der Waals surface area (Å²) in [5, 5.41) is 14.8. The van der Waals surface area contributed by atoms with Crippen molar-refractivity contribution in [3.05, 3.63) is 155 Å². The van der Waals surface area contributed by atoms with Gasteiger partial charge in [-0.05, 0) is 66.1 Å². The first-order chi connectivity index (χ1) is 21.6. The fourth-order valence-electron chi connectivity index (χ4n) is 5.20. The highest BCUT2D eigenvalue weighted by Crippen LogP contribution is 2.36. The van der Waals surface area contributed by atoms with Crippen LogP contribution >= 0.6 is 11.6 Å². The van der Waals surface area contributed by atoms with Crippen LogP contribution in [0.3, 0.4) is 0 Å². The van der Waals surface area contributed by atoms with Crippen LogP contribution in [-0.4, -0.2) is 9.97 Å². The zero-order valence-electron chi connectivity index (χ0n) is 24.2. The van der Waals surface area contributed by atoms with Gasteiger partial charge in [0.05, 0.1) is 27.5 Å². The third-order valence-corrected chi connectivity index (χ3v) is 7.68. The molecule has 6 nitrogen and oxygen atoms in total. The number of hydrogen-bond donors (Lipinski definition) is 1. The predicted molar refractivity (Wildman–Crippen MR) is 177 cm³/mol. The molecule has 2 heterocycles. The van der Waals surface area contributed by atoms with Crippen molar-refractivity contribution in [2.75, 3.05) is 10.2 Å². The number of rotatable bonds is 10. The Morgan fingerprint density at radius 2 is 1.55 bits per heavy atom. The molecule has 0 aliphatic carbocycles. The Kier molecular flexibility index (Phi) is 8.67. The normalized spacial score (nSPS) is 10.8. The summed E-state index contributed by atoms with van der Waals surface area (Å²) in [6, 6.07) is 38.6. The highest BCUT2D eigenvalue weighted by Gasteiger charge is 2.17. The molecule has 0 bridgehead atoms. The Balaban J connectivity index is 1.35. The van der Waals surface area contributed by atoms with Crippen LogP contribution in [0.5, 0.6) is 5.75 Å². The van der Waals surface area contributed by atoms with Crippen LogP contribution in [0, 0.1) is 18.3 Å². The standard InChI is InChI=1S/C37H30ClN5O/c1-26-18-34-32(20-35(26)43(23-27-10-4-2-5-11-27)24-28-12-6-3-7-13-28)37(29(21-39)22-41-34)42-30-15-16-36(33(38)19-30)44-25-31-14-8-9-17-40-31/h2-20,22H,23-25H2,1H3,(H,41,42). The third-order valence-electron chi connectivity index (χ3n) is 7.38. The monoisotopic (exact) mass is 595 g/mol. The number of hydrogen-bond acceptors (Lipinski definition) is 6. The van der Waals surface area contributed by atoms with Gasteiger partial charge in [-0.3, -0.25) is 9.97 Å². The average Bonchev–Trinajstić information content (AvgIpc) is 3.05. The zero-order chi connectivity index (χ0) is 30.3. The molecular weight excluding hydrogens is 566 g/mol. The van der Waals surface area contributed by atoms with Gasteiger partial charge in [-0.1, -0.05) is 78.3 Å². The molecule has 1 N–H and O–H groups in total. The largest absolute Gasteiger partial charge is 0.486 e. The topological polar surface area (TPSA) is 74.1 Å². The highest BCUT2D eigenvalue weighted by atomic mass is 35.5. The number of anilines is 3. The Morgan fingerprint density at radius 1 is 0.841 bits per heavy atom. The molecule has 0 radical (unpaired) electrons. The van der Waals surface area contributed by atoms with E-state index >= 15 is 0 Å². The van der Waals surface area contributed by atoms with Crippen molar-refractivity contribution in [1.82, 2.24) is 9.97 Å². The Labute approximate surface area is 262 Å². The quantitative estimate of drug-likeness (QED) is 0.170. The number of benzene rings is 4. The van der Waals surface area contributed by atoms with E-state index in [2.05, 4.69) is 93.8 Å². The maximum atomic E-state index is 10.1. The van der Waals surface area contributed by atoms with E-state index < -0.39 is 0 Å². The first-order valence-electron chi connectivity index (χ1n) is 14.3. The smallest absolute Gasteiger partial charge is 0.138 e. The molecule has 0 saturated heterocycles. The molecule has 2 aromatic heterocycles. The first kappa shape index (κ1) is 28.7. The van der Waals surface area contributed by atoms with Crippen LogP contribution in [0.4, 0.5) is 17.1 Å². The molecule has 0 spiro atoms. The van der Waals surface area contributed by atoms with Gasteiger partial charge in [0, 0.05) is 42.2 Å². The second kappa shape index (κ2) is 13.3. The van der Waals surface area contributed by atoms with Gasteiger partial charge in [-0.25, -0.2) is 0 Å². The summed E-state index contributed by atoms with van der Waals surface area (Å²) in [6.45, 7) is 3.87. The summed E-state index contributed by atoms with van der Waals surface area (Å²) in [7, 11) is 0. The maximum Gasteiger partial charge on any atom is 0.138 e. The van der Waals surface area contributed by atoms with Crippen molar-refractivity contribution in [2.24, 2.45) is 0 Å². The van der Waals surface area contributed by atoms with Crippen molar-refractivity contribution < 1.29 is 4.74 Å². The number of aryl methyl sites for hydroxylation is 1. The van der Waals surface area contributed by atoms with Crippen LogP contribution in [0.2, 0.25) is 5.02 Å². The summed E-state index contributed by atoms with van der Waals surface area (Å²) in [5.74, 6) is 0.554. The summed E-state index contributed by atoms with van der Waals surface area (Å²) >= 11 is 6.63. The van der Waals surface area contributed by atoms with E-state index in [1.807, 2.05) is 42.5 Å². The second-order valence-electron chi connectivity index (χ2n) is 10.5. The van der Waals surface area contributed by atoms with Gasteiger partial charge in [0.25, 0.3) is 0 Å². The van der Waals surface area contributed by atoms with Gasteiger partial charge in [0.15, 0.2) is 0 Å². The molecule has 216 valence electrons. The highest BCUT2D eigenvalue weighted by molar-refractivity contribution is 6.32. The summed E-state index contributed by atoms with van der Waals surface area (Å²) in [4.78, 5) is 11.3. The van der Waals surface area contributed by atoms with Crippen LogP contribution in [-0.2, 0) is 19.7 Å². The van der Waals surface area contributed by atoms with E-state index in [0.29, 0.717) is 28.6 Å². The number of ether oxygens (including phenoxy) is 1. The minimum Gasteiger partial charge on any atom is -0.486 e. The SMILES string of the molecule is Cc1cc2ncc(C#N)c(Nc3ccc(OCc4ccccn4)c(Cl)c3)c2cc1N(Cc1ccccc1)Cc1ccccc1. The van der Waals surface area contributed by atoms with Crippen LogP contribution in [0.15, 0.2) is 122 Å². The number of halogens is 1. The molecule has 0 unspecified atom stereocenters. The Morgan fingerprint density at radius 3 is 2.18 bits per heavy atom. The molecule has 0 amide bonds. The van der Waals surface area contributed by atoms with E-state index in [0.717, 1.165) is 46.6 Å². The number of aromatic nitrogens is 2. The van der Waals surface area contributed by atoms with Crippen LogP contribution in [0.1, 0.15) is 27.9 Å². The lowest BCUT2D eigenvalue weighted by molar-refractivity contribution is 0.301. The lowest BCUT2D eigenvalue weighted by Gasteiger charge is -2.28. The minimum absolute atomic E-state index is 0.311. The lowest BCUT2D eigenvalue weighted by Crippen LogP contribution is -2.23. The van der Waals surface area contributed by atoms with Gasteiger partial charge in [-0.15, -0.1) is 0 Å². The maximum absolute atomic E-state index is 10.1. The molecular formula is C37H30ClN5O. The molecule has 4 aromatic carbocycles. The number of nitriles is 1. The summed E-state index contributed by atoms with van der Waals surface area (Å²) in [6.07, 6.45) is 3.34. The van der Waals surface area contributed by atoms with Crippen molar-refractivity contribution >= 4 is 39.6 Å². The zero-order valence-corrected chi connectivity index (χ0v) is 25.0. The van der Waals surface area contributed by atoms with Crippen LogP contribution in [0.25, 0.3) is 10.9 Å². The second-order valence-corrected chi connectivity index (χ2v) is 10.9. The van der Waals surface area contributed by atoms with Gasteiger partial charge in [0.2, 0.25) is 0 Å². The number of nitrogens with zero attached hydrogens (tertiary/aromatic N) is 4. The average molecular weight is 596 g/mol. The third kappa shape index (κ3) is 6.64. The Bertz CT molecular complexity index is 1880. The van der Waals surface area contributed by atoms with Gasteiger partial charge in [-0.2, -0.15) is 5.26 Å². The van der Waals surface area contributed by atoms with E-state index in [-0.39, 0.29) is 0 Å². The number of fused-ring (bicyclic) bond motifs is 1. The molecule has 0 atom stereocenters. The van der Waals surface area contributed by atoms with Crippen molar-refractivity contribution in [1.29, 1.82) is 5.26 Å². The fraction of sp³-hybridized carbons (Fsp3) is 0.108. The summed E-state index contributed by atoms with van der Waals surface area (Å²) < 4.78 is 5.91. The van der Waals surface area contributed by atoms with E-state index in [9.17, 15) is 5.26 Å². The lowest BCUT2D eigenvalue weighted by atomic mass is 10.0. The molecule has 0 aliphatic rings. The van der Waals surface area contributed by atoms with E-state index in [1.54, 1.807) is 18.5 Å². The first-order valence-corrected chi connectivity index (χ1v) is 14.7. The van der Waals surface area contributed by atoms with Crippen molar-refractivity contribution in [2.45, 2.75) is 26.6 Å². The van der Waals surface area contributed by atoms with Gasteiger partial charge >= 0.3 is 0 Å². The van der Waals surface area contributed by atoms with Crippen molar-refractivity contribution in [3.63, 3.8) is 0 Å².